The summed E-state index contributed by atoms with van der Waals surface area (Å²) >= 11 is 0. The SMILES string of the molecule is Cc1nc(-c2ccc(-c3ccc(C(=O)c4c[nH]c5ccc(N6C[C@@H](C)N(C)[C@@H](C)C6)cc45)cc3)c(C)c2)no1. The van der Waals surface area contributed by atoms with E-state index in [9.17, 15) is 4.79 Å². The number of aromatic nitrogens is 3. The zero-order chi connectivity index (χ0) is 27.3. The molecule has 0 bridgehead atoms. The molecule has 5 aromatic rings. The summed E-state index contributed by atoms with van der Waals surface area (Å²) in [4.78, 5) is 26.1. The molecule has 2 atom stereocenters. The molecule has 7 heteroatoms. The van der Waals surface area contributed by atoms with Gasteiger partial charge in [-0.05, 0) is 68.8 Å². The largest absolute Gasteiger partial charge is 0.368 e. The number of nitrogens with zero attached hydrogens (tertiary/aromatic N) is 4. The van der Waals surface area contributed by atoms with Gasteiger partial charge in [0.15, 0.2) is 5.78 Å². The number of carbonyl (C=O) groups is 1. The summed E-state index contributed by atoms with van der Waals surface area (Å²) in [7, 11) is 2.19. The molecule has 3 aromatic carbocycles. The highest BCUT2D eigenvalue weighted by atomic mass is 16.5. The molecule has 1 aliphatic rings. The van der Waals surface area contributed by atoms with Gasteiger partial charge >= 0.3 is 0 Å². The fraction of sp³-hybridized carbons (Fsp3) is 0.281. The molecule has 0 saturated carbocycles. The first kappa shape index (κ1) is 25.1. The zero-order valence-electron chi connectivity index (χ0n) is 23.0. The number of fused-ring (bicyclic) bond motifs is 1. The molecule has 1 N–H and O–H groups in total. The minimum atomic E-state index is 0.0182. The van der Waals surface area contributed by atoms with Crippen molar-refractivity contribution in [3.05, 3.63) is 89.4 Å². The lowest BCUT2D eigenvalue weighted by Crippen LogP contribution is -2.55. The van der Waals surface area contributed by atoms with Gasteiger partial charge in [-0.15, -0.1) is 0 Å². The van der Waals surface area contributed by atoms with Gasteiger partial charge < -0.3 is 14.4 Å². The summed E-state index contributed by atoms with van der Waals surface area (Å²) < 4.78 is 5.12. The van der Waals surface area contributed by atoms with Gasteiger partial charge in [-0.2, -0.15) is 4.98 Å². The van der Waals surface area contributed by atoms with Crippen LogP contribution in [0.5, 0.6) is 0 Å². The number of H-pyrrole nitrogens is 1. The van der Waals surface area contributed by atoms with Gasteiger partial charge in [0.1, 0.15) is 0 Å². The minimum Gasteiger partial charge on any atom is -0.368 e. The van der Waals surface area contributed by atoms with Crippen molar-refractivity contribution in [3.8, 4) is 22.5 Å². The summed E-state index contributed by atoms with van der Waals surface area (Å²) in [5.41, 5.74) is 7.68. The zero-order valence-corrected chi connectivity index (χ0v) is 23.0. The van der Waals surface area contributed by atoms with Crippen molar-refractivity contribution < 1.29 is 9.32 Å². The van der Waals surface area contributed by atoms with Crippen molar-refractivity contribution in [1.29, 1.82) is 0 Å². The molecular weight excluding hydrogens is 486 g/mol. The number of nitrogens with one attached hydrogen (secondary N) is 1. The molecule has 0 spiro atoms. The van der Waals surface area contributed by atoms with E-state index in [1.54, 1.807) is 6.92 Å². The quantitative estimate of drug-likeness (QED) is 0.276. The molecule has 1 fully saturated rings. The molecule has 1 aliphatic heterocycles. The molecule has 2 aromatic heterocycles. The van der Waals surface area contributed by atoms with Crippen LogP contribution in [0.25, 0.3) is 33.4 Å². The highest BCUT2D eigenvalue weighted by molar-refractivity contribution is 6.16. The topological polar surface area (TPSA) is 78.3 Å². The van der Waals surface area contributed by atoms with Crippen LogP contribution in [0.3, 0.4) is 0 Å². The van der Waals surface area contributed by atoms with Crippen LogP contribution in [0.4, 0.5) is 5.69 Å². The van der Waals surface area contributed by atoms with Crippen LogP contribution in [-0.4, -0.2) is 58.0 Å². The maximum atomic E-state index is 13.6. The molecule has 0 unspecified atom stereocenters. The number of benzene rings is 3. The predicted octanol–water partition coefficient (Wildman–Crippen LogP) is 6.26. The third-order valence-electron chi connectivity index (χ3n) is 8.11. The Morgan fingerprint density at radius 3 is 2.33 bits per heavy atom. The second kappa shape index (κ2) is 9.82. The smallest absolute Gasteiger partial charge is 0.223 e. The van der Waals surface area contributed by atoms with Gasteiger partial charge in [-0.1, -0.05) is 41.6 Å². The van der Waals surface area contributed by atoms with Crippen molar-refractivity contribution in [2.45, 2.75) is 39.8 Å². The van der Waals surface area contributed by atoms with Crippen LogP contribution >= 0.6 is 0 Å². The van der Waals surface area contributed by atoms with E-state index >= 15 is 0 Å². The van der Waals surface area contributed by atoms with Gasteiger partial charge in [-0.3, -0.25) is 9.69 Å². The van der Waals surface area contributed by atoms with Crippen molar-refractivity contribution >= 4 is 22.4 Å². The third kappa shape index (κ3) is 4.63. The lowest BCUT2D eigenvalue weighted by Gasteiger charge is -2.43. The molecule has 6 rings (SSSR count). The second-order valence-corrected chi connectivity index (χ2v) is 10.8. The third-order valence-corrected chi connectivity index (χ3v) is 8.11. The average Bonchev–Trinajstić information content (AvgIpc) is 3.57. The van der Waals surface area contributed by atoms with E-state index in [0.29, 0.717) is 34.9 Å². The van der Waals surface area contributed by atoms with Crippen molar-refractivity contribution in [2.75, 3.05) is 25.0 Å². The molecule has 1 saturated heterocycles. The highest BCUT2D eigenvalue weighted by Crippen LogP contribution is 2.31. The Bertz CT molecular complexity index is 1650. The first-order valence-electron chi connectivity index (χ1n) is 13.4. The van der Waals surface area contributed by atoms with Gasteiger partial charge in [0.05, 0.1) is 0 Å². The van der Waals surface area contributed by atoms with E-state index in [-0.39, 0.29) is 5.78 Å². The lowest BCUT2D eigenvalue weighted by atomic mass is 9.95. The van der Waals surface area contributed by atoms with Crippen molar-refractivity contribution in [2.24, 2.45) is 0 Å². The van der Waals surface area contributed by atoms with Crippen molar-refractivity contribution in [3.63, 3.8) is 0 Å². The molecule has 0 radical (unpaired) electrons. The molecular formula is C32H33N5O2. The fourth-order valence-corrected chi connectivity index (χ4v) is 5.61. The number of ketones is 1. The van der Waals surface area contributed by atoms with E-state index in [0.717, 1.165) is 51.9 Å². The summed E-state index contributed by atoms with van der Waals surface area (Å²) in [6.45, 7) is 10.3. The van der Waals surface area contributed by atoms with Crippen LogP contribution in [0.15, 0.2) is 71.4 Å². The molecule has 7 nitrogen and oxygen atoms in total. The number of anilines is 1. The Labute approximate surface area is 228 Å². The Balaban J connectivity index is 1.25. The number of aryl methyl sites for hydroxylation is 2. The molecule has 39 heavy (non-hydrogen) atoms. The van der Waals surface area contributed by atoms with Crippen molar-refractivity contribution in [1.82, 2.24) is 20.0 Å². The van der Waals surface area contributed by atoms with Crippen LogP contribution in [0.1, 0.15) is 41.2 Å². The van der Waals surface area contributed by atoms with Crippen LogP contribution < -0.4 is 4.90 Å². The molecule has 0 amide bonds. The summed E-state index contributed by atoms with van der Waals surface area (Å²) in [6.07, 6.45) is 1.84. The first-order valence-corrected chi connectivity index (χ1v) is 13.4. The molecule has 198 valence electrons. The van der Waals surface area contributed by atoms with Gasteiger partial charge in [0.25, 0.3) is 0 Å². The number of piperazine rings is 1. The Hall–Kier alpha value is -4.23. The molecule has 0 aliphatic carbocycles. The van der Waals surface area contributed by atoms with Gasteiger partial charge in [0, 0.05) is 71.6 Å². The van der Waals surface area contributed by atoms with Gasteiger partial charge in [0.2, 0.25) is 11.7 Å². The monoisotopic (exact) mass is 519 g/mol. The van der Waals surface area contributed by atoms with E-state index < -0.39 is 0 Å². The van der Waals surface area contributed by atoms with E-state index in [1.165, 1.54) is 0 Å². The Morgan fingerprint density at radius 2 is 1.67 bits per heavy atom. The summed E-state index contributed by atoms with van der Waals surface area (Å²) in [5.74, 6) is 1.15. The van der Waals surface area contributed by atoms with E-state index in [4.69, 9.17) is 4.52 Å². The first-order chi connectivity index (χ1) is 18.8. The Kier molecular flexibility index (Phi) is 6.31. The number of carbonyl (C=O) groups excluding carboxylic acids is 1. The normalized spacial score (nSPS) is 18.1. The highest BCUT2D eigenvalue weighted by Gasteiger charge is 2.27. The van der Waals surface area contributed by atoms with Crippen LogP contribution in [0, 0.1) is 13.8 Å². The van der Waals surface area contributed by atoms with E-state index in [1.807, 2.05) is 36.5 Å². The standard InChI is InChI=1S/C32H33N5O2/c1-19-14-25(32-34-22(4)39-35-32)10-12-27(19)23-6-8-24(9-7-23)31(38)29-16-33-30-13-11-26(15-28(29)30)37-17-20(2)36(5)21(3)18-37/h6-16,20-21,33H,17-18H2,1-5H3/t20-,21+. The summed E-state index contributed by atoms with van der Waals surface area (Å²) in [5, 5.41) is 4.98. The summed E-state index contributed by atoms with van der Waals surface area (Å²) in [6, 6.07) is 21.3. The van der Waals surface area contributed by atoms with Crippen LogP contribution in [0.2, 0.25) is 0 Å². The lowest BCUT2D eigenvalue weighted by molar-refractivity contribution is 0.104. The number of aromatic amines is 1. The van der Waals surface area contributed by atoms with E-state index in [2.05, 4.69) is 83.1 Å². The number of likely N-dealkylation sites (N-methyl/N-ethyl adjacent to an activating group) is 1. The van der Waals surface area contributed by atoms with Gasteiger partial charge in [-0.25, -0.2) is 0 Å². The maximum absolute atomic E-state index is 13.6. The minimum absolute atomic E-state index is 0.0182. The average molecular weight is 520 g/mol. The number of hydrogen-bond donors (Lipinski definition) is 1. The maximum Gasteiger partial charge on any atom is 0.223 e. The number of hydrogen-bond acceptors (Lipinski definition) is 6. The van der Waals surface area contributed by atoms with Crippen LogP contribution in [-0.2, 0) is 0 Å². The Morgan fingerprint density at radius 1 is 0.949 bits per heavy atom. The molecule has 3 heterocycles. The predicted molar refractivity (Wildman–Crippen MR) is 155 cm³/mol. The fourth-order valence-electron chi connectivity index (χ4n) is 5.61. The second-order valence-electron chi connectivity index (χ2n) is 10.8. The number of rotatable bonds is 5.